The van der Waals surface area contributed by atoms with Crippen molar-refractivity contribution >= 4 is 48.8 Å². The number of thiophene rings is 1. The normalized spacial score (nSPS) is 11.1. The van der Waals surface area contributed by atoms with E-state index in [0.717, 1.165) is 7.11 Å². The van der Waals surface area contributed by atoms with E-state index in [1.807, 2.05) is 0 Å². The first-order valence-electron chi connectivity index (χ1n) is 3.34. The Hall–Kier alpha value is -0.500. The van der Waals surface area contributed by atoms with Crippen LogP contribution < -0.4 is 4.74 Å². The van der Waals surface area contributed by atoms with Crippen LogP contribution in [0.5, 0.6) is 5.75 Å². The van der Waals surface area contributed by atoms with Crippen LogP contribution in [0, 0.1) is 0 Å². The van der Waals surface area contributed by atoms with Gasteiger partial charge >= 0.3 is 6.16 Å². The third kappa shape index (κ3) is 3.23. The minimum Gasteiger partial charge on any atom is -0.437 e. The van der Waals surface area contributed by atoms with Gasteiger partial charge in [0, 0.05) is 16.7 Å². The molecule has 1 heterocycles. The fraction of sp³-hybridized carbons (Fsp3) is 0.167. The van der Waals surface area contributed by atoms with Gasteiger partial charge in [-0.3, -0.25) is 0 Å². The summed E-state index contributed by atoms with van der Waals surface area (Å²) in [5.74, 6) is -0.244. The van der Waals surface area contributed by atoms with Gasteiger partial charge in [-0.15, -0.1) is 11.3 Å². The molecular formula is C6H4Cl2O5S2. The highest BCUT2D eigenvalue weighted by Gasteiger charge is 2.23. The number of halogens is 2. The fourth-order valence-corrected chi connectivity index (χ4v) is 3.23. The molecule has 0 aliphatic rings. The molecule has 0 radical (unpaired) electrons. The van der Waals surface area contributed by atoms with E-state index in [1.54, 1.807) is 0 Å². The highest BCUT2D eigenvalue weighted by Crippen LogP contribution is 2.38. The monoisotopic (exact) mass is 290 g/mol. The van der Waals surface area contributed by atoms with Gasteiger partial charge in [0.25, 0.3) is 9.05 Å². The molecule has 9 heteroatoms. The molecular weight excluding hydrogens is 287 g/mol. The zero-order valence-electron chi connectivity index (χ0n) is 7.19. The highest BCUT2D eigenvalue weighted by atomic mass is 35.7. The van der Waals surface area contributed by atoms with E-state index in [0.29, 0.717) is 11.3 Å². The van der Waals surface area contributed by atoms with Crippen molar-refractivity contribution in [3.8, 4) is 5.75 Å². The SMILES string of the molecule is COC(=O)Oc1cc(Cl)sc1S(=O)(=O)Cl. The van der Waals surface area contributed by atoms with E-state index in [4.69, 9.17) is 22.3 Å². The average molecular weight is 291 g/mol. The largest absolute Gasteiger partial charge is 0.513 e. The molecule has 0 bridgehead atoms. The molecule has 0 aromatic carbocycles. The van der Waals surface area contributed by atoms with Gasteiger partial charge in [-0.2, -0.15) is 0 Å². The van der Waals surface area contributed by atoms with Crippen LogP contribution in [0.15, 0.2) is 10.3 Å². The first-order valence-corrected chi connectivity index (χ1v) is 6.84. The summed E-state index contributed by atoms with van der Waals surface area (Å²) in [6.45, 7) is 0. The maximum absolute atomic E-state index is 11.0. The number of carbonyl (C=O) groups excluding carboxylic acids is 1. The Morgan fingerprint density at radius 2 is 2.13 bits per heavy atom. The number of carbonyl (C=O) groups is 1. The predicted molar refractivity (Wildman–Crippen MR) is 55.4 cm³/mol. The van der Waals surface area contributed by atoms with Crippen LogP contribution in [-0.4, -0.2) is 21.7 Å². The summed E-state index contributed by atoms with van der Waals surface area (Å²) in [5.41, 5.74) is 0. The molecule has 0 aliphatic heterocycles. The van der Waals surface area contributed by atoms with Crippen molar-refractivity contribution in [2.45, 2.75) is 4.21 Å². The molecule has 0 spiro atoms. The highest BCUT2D eigenvalue weighted by molar-refractivity contribution is 8.15. The second-order valence-electron chi connectivity index (χ2n) is 2.20. The molecule has 84 valence electrons. The summed E-state index contributed by atoms with van der Waals surface area (Å²) in [4.78, 5) is 10.7. The van der Waals surface area contributed by atoms with Crippen LogP contribution in [0.1, 0.15) is 0 Å². The summed E-state index contributed by atoms with van der Waals surface area (Å²) in [6, 6.07) is 1.17. The van der Waals surface area contributed by atoms with Crippen molar-refractivity contribution in [3.63, 3.8) is 0 Å². The molecule has 0 unspecified atom stereocenters. The van der Waals surface area contributed by atoms with Gasteiger partial charge in [-0.1, -0.05) is 11.6 Å². The molecule has 1 aromatic rings. The lowest BCUT2D eigenvalue weighted by atomic mass is 10.6. The van der Waals surface area contributed by atoms with Gasteiger partial charge in [0.2, 0.25) is 0 Å². The van der Waals surface area contributed by atoms with Crippen molar-refractivity contribution in [1.29, 1.82) is 0 Å². The quantitative estimate of drug-likeness (QED) is 0.618. The van der Waals surface area contributed by atoms with Gasteiger partial charge in [0.15, 0.2) is 9.96 Å². The van der Waals surface area contributed by atoms with Crippen LogP contribution in [0.2, 0.25) is 4.34 Å². The summed E-state index contributed by atoms with van der Waals surface area (Å²) in [6.07, 6.45) is -1.05. The Bertz CT molecular complexity index is 478. The molecule has 15 heavy (non-hydrogen) atoms. The minimum absolute atomic E-state index is 0.133. The van der Waals surface area contributed by atoms with Gasteiger partial charge < -0.3 is 9.47 Å². The van der Waals surface area contributed by atoms with Gasteiger partial charge in [0.1, 0.15) is 0 Å². The number of ether oxygens (including phenoxy) is 2. The van der Waals surface area contributed by atoms with Crippen LogP contribution in [0.4, 0.5) is 4.79 Å². The summed E-state index contributed by atoms with van der Waals surface area (Å²) < 4.78 is 30.6. The first-order chi connectivity index (χ1) is 6.84. The zero-order chi connectivity index (χ0) is 11.6. The van der Waals surface area contributed by atoms with Crippen molar-refractivity contribution in [2.75, 3.05) is 7.11 Å². The standard InChI is InChI=1S/C6H4Cl2O5S2/c1-12-6(9)13-3-2-4(7)14-5(3)15(8,10)11/h2H,1H3. The van der Waals surface area contributed by atoms with E-state index >= 15 is 0 Å². The number of rotatable bonds is 2. The molecule has 1 aromatic heterocycles. The summed E-state index contributed by atoms with van der Waals surface area (Å²) in [5, 5.41) is 0. The lowest BCUT2D eigenvalue weighted by Gasteiger charge is -2.00. The average Bonchev–Trinajstić information content (AvgIpc) is 2.45. The van der Waals surface area contributed by atoms with E-state index < -0.39 is 15.2 Å². The molecule has 5 nitrogen and oxygen atoms in total. The zero-order valence-corrected chi connectivity index (χ0v) is 10.3. The van der Waals surface area contributed by atoms with E-state index in [9.17, 15) is 13.2 Å². The fourth-order valence-electron chi connectivity index (χ4n) is 0.703. The minimum atomic E-state index is -3.99. The predicted octanol–water partition coefficient (Wildman–Crippen LogP) is 2.47. The number of hydrogen-bond acceptors (Lipinski definition) is 6. The lowest BCUT2D eigenvalue weighted by molar-refractivity contribution is 0.120. The molecule has 0 aliphatic carbocycles. The smallest absolute Gasteiger partial charge is 0.437 e. The number of hydrogen-bond donors (Lipinski definition) is 0. The molecule has 0 saturated heterocycles. The Balaban J connectivity index is 3.13. The molecule has 0 amide bonds. The Kier molecular flexibility index (Phi) is 3.82. The Morgan fingerprint density at radius 1 is 1.53 bits per heavy atom. The van der Waals surface area contributed by atoms with E-state index in [1.165, 1.54) is 6.07 Å². The van der Waals surface area contributed by atoms with Gasteiger partial charge in [0.05, 0.1) is 11.4 Å². The molecule has 1 rings (SSSR count). The van der Waals surface area contributed by atoms with E-state index in [2.05, 4.69) is 9.47 Å². The summed E-state index contributed by atoms with van der Waals surface area (Å²) in [7, 11) is 2.19. The van der Waals surface area contributed by atoms with Crippen molar-refractivity contribution in [3.05, 3.63) is 10.4 Å². The van der Waals surface area contributed by atoms with Gasteiger partial charge in [-0.25, -0.2) is 13.2 Å². The maximum Gasteiger partial charge on any atom is 0.513 e. The van der Waals surface area contributed by atoms with Gasteiger partial charge in [-0.05, 0) is 0 Å². The van der Waals surface area contributed by atoms with Crippen LogP contribution in [0.3, 0.4) is 0 Å². The molecule has 0 saturated carbocycles. The second-order valence-corrected chi connectivity index (χ2v) is 6.64. The third-order valence-electron chi connectivity index (χ3n) is 1.22. The maximum atomic E-state index is 11.0. The topological polar surface area (TPSA) is 69.7 Å². The summed E-state index contributed by atoms with van der Waals surface area (Å²) >= 11 is 6.25. The molecule has 0 N–H and O–H groups in total. The lowest BCUT2D eigenvalue weighted by Crippen LogP contribution is -2.08. The van der Waals surface area contributed by atoms with E-state index in [-0.39, 0.29) is 14.3 Å². The third-order valence-corrected chi connectivity index (χ3v) is 4.55. The van der Waals surface area contributed by atoms with Crippen LogP contribution in [-0.2, 0) is 13.8 Å². The number of methoxy groups -OCH3 is 1. The van der Waals surface area contributed by atoms with Crippen molar-refractivity contribution in [2.24, 2.45) is 0 Å². The Labute approximate surface area is 98.9 Å². The first kappa shape index (κ1) is 12.6. The Morgan fingerprint density at radius 3 is 2.60 bits per heavy atom. The van der Waals surface area contributed by atoms with Crippen LogP contribution in [0.25, 0.3) is 0 Å². The second kappa shape index (κ2) is 4.56. The molecule has 0 atom stereocenters. The molecule has 0 fully saturated rings. The van der Waals surface area contributed by atoms with Crippen molar-refractivity contribution < 1.29 is 22.7 Å². The van der Waals surface area contributed by atoms with Crippen LogP contribution >= 0.6 is 33.6 Å². The van der Waals surface area contributed by atoms with Crippen molar-refractivity contribution in [1.82, 2.24) is 0 Å².